The van der Waals surface area contributed by atoms with Crippen molar-refractivity contribution >= 4 is 15.8 Å². The van der Waals surface area contributed by atoms with E-state index >= 15 is 0 Å². The van der Waals surface area contributed by atoms with E-state index in [2.05, 4.69) is 21.4 Å². The van der Waals surface area contributed by atoms with Gasteiger partial charge in [0.2, 0.25) is 5.89 Å². The second kappa shape index (κ2) is 9.11. The summed E-state index contributed by atoms with van der Waals surface area (Å²) >= 11 is 0. The van der Waals surface area contributed by atoms with Crippen LogP contribution in [0.1, 0.15) is 11.5 Å². The average molecular weight is 451 g/mol. The van der Waals surface area contributed by atoms with Crippen LogP contribution in [0, 0.1) is 6.92 Å². The summed E-state index contributed by atoms with van der Waals surface area (Å²) < 4.78 is 40.7. The highest BCUT2D eigenvalue weighted by Gasteiger charge is 2.16. The molecule has 0 saturated heterocycles. The Balaban J connectivity index is 1.40. The number of sulfonamides is 1. The Morgan fingerprint density at radius 2 is 1.88 bits per heavy atom. The number of aromatic nitrogens is 3. The molecule has 0 spiro atoms. The number of benzene rings is 2. The first kappa shape index (κ1) is 21.4. The topological polar surface area (TPSA) is 99.2 Å². The maximum Gasteiger partial charge on any atom is 0.263 e. The van der Waals surface area contributed by atoms with E-state index in [-0.39, 0.29) is 17.3 Å². The van der Waals surface area contributed by atoms with Crippen molar-refractivity contribution in [3.05, 3.63) is 91.0 Å². The van der Waals surface area contributed by atoms with Crippen LogP contribution in [-0.2, 0) is 23.2 Å². The molecule has 0 fully saturated rings. The van der Waals surface area contributed by atoms with E-state index in [1.54, 1.807) is 35.2 Å². The highest BCUT2D eigenvalue weighted by Crippen LogP contribution is 2.23. The molecule has 0 aliphatic carbocycles. The number of aryl methyl sites for hydroxylation is 1. The molecule has 164 valence electrons. The first-order chi connectivity index (χ1) is 15.4. The second-order valence-electron chi connectivity index (χ2n) is 6.97. The minimum atomic E-state index is -3.77. The Morgan fingerprint density at radius 1 is 1.12 bits per heavy atom. The number of hydrogen-bond acceptors (Lipinski definition) is 6. The zero-order chi connectivity index (χ0) is 22.6. The fourth-order valence-corrected chi connectivity index (χ4v) is 3.98. The smallest absolute Gasteiger partial charge is 0.263 e. The van der Waals surface area contributed by atoms with Crippen molar-refractivity contribution in [3.63, 3.8) is 0 Å². The van der Waals surface area contributed by atoms with Crippen LogP contribution in [0.5, 0.6) is 5.75 Å². The SMILES string of the molecule is C=CCn1ccc(NS(=O)(=O)c2ccc(OCc3nc(-c4ccccc4)oc3C)cc2)n1. The lowest BCUT2D eigenvalue weighted by Gasteiger charge is -2.08. The Bertz CT molecular complexity index is 1310. The van der Waals surface area contributed by atoms with Gasteiger partial charge in [0.05, 0.1) is 11.4 Å². The molecule has 0 bridgehead atoms. The molecule has 0 amide bonds. The predicted octanol–water partition coefficient (Wildman–Crippen LogP) is 4.41. The first-order valence-corrected chi connectivity index (χ1v) is 11.3. The van der Waals surface area contributed by atoms with Crippen molar-refractivity contribution in [3.8, 4) is 17.2 Å². The molecule has 2 aromatic carbocycles. The molecular formula is C23H22N4O4S. The Morgan fingerprint density at radius 3 is 2.59 bits per heavy atom. The van der Waals surface area contributed by atoms with Crippen LogP contribution >= 0.6 is 0 Å². The van der Waals surface area contributed by atoms with Gasteiger partial charge in [-0.1, -0.05) is 24.3 Å². The van der Waals surface area contributed by atoms with Crippen LogP contribution in [0.15, 0.2) is 88.8 Å². The molecule has 2 heterocycles. The van der Waals surface area contributed by atoms with Crippen LogP contribution in [-0.4, -0.2) is 23.2 Å². The lowest BCUT2D eigenvalue weighted by Crippen LogP contribution is -2.13. The molecule has 32 heavy (non-hydrogen) atoms. The number of allylic oxidation sites excluding steroid dienone is 1. The third-order valence-corrected chi connectivity index (χ3v) is 5.99. The summed E-state index contributed by atoms with van der Waals surface area (Å²) in [4.78, 5) is 4.61. The number of oxazole rings is 1. The minimum absolute atomic E-state index is 0.104. The maximum atomic E-state index is 12.6. The van der Waals surface area contributed by atoms with Gasteiger partial charge in [-0.2, -0.15) is 5.10 Å². The predicted molar refractivity (Wildman–Crippen MR) is 121 cm³/mol. The van der Waals surface area contributed by atoms with Gasteiger partial charge in [-0.05, 0) is 43.3 Å². The summed E-state index contributed by atoms with van der Waals surface area (Å²) in [5, 5.41) is 4.14. The lowest BCUT2D eigenvalue weighted by atomic mass is 10.2. The zero-order valence-corrected chi connectivity index (χ0v) is 18.2. The number of hydrogen-bond donors (Lipinski definition) is 1. The molecule has 9 heteroatoms. The normalized spacial score (nSPS) is 11.3. The summed E-state index contributed by atoms with van der Waals surface area (Å²) in [6.07, 6.45) is 3.35. The lowest BCUT2D eigenvalue weighted by molar-refractivity contribution is 0.299. The standard InChI is InChI=1S/C23H22N4O4S/c1-3-14-27-15-13-22(25-27)26-32(28,29)20-11-9-19(10-12-20)30-16-21-17(2)31-23(24-21)18-7-5-4-6-8-18/h3-13,15H,1,14,16H2,2H3,(H,25,26). The first-order valence-electron chi connectivity index (χ1n) is 9.86. The van der Waals surface area contributed by atoms with E-state index < -0.39 is 10.0 Å². The number of nitrogens with zero attached hydrogens (tertiary/aromatic N) is 3. The quantitative estimate of drug-likeness (QED) is 0.379. The largest absolute Gasteiger partial charge is 0.487 e. The summed E-state index contributed by atoms with van der Waals surface area (Å²) in [5.41, 5.74) is 1.57. The van der Waals surface area contributed by atoms with Gasteiger partial charge in [-0.15, -0.1) is 6.58 Å². The molecule has 0 atom stereocenters. The van der Waals surface area contributed by atoms with E-state index in [0.717, 1.165) is 5.56 Å². The van der Waals surface area contributed by atoms with Crippen LogP contribution in [0.3, 0.4) is 0 Å². The zero-order valence-electron chi connectivity index (χ0n) is 17.4. The Kier molecular flexibility index (Phi) is 6.09. The van der Waals surface area contributed by atoms with E-state index in [4.69, 9.17) is 9.15 Å². The fourth-order valence-electron chi connectivity index (χ4n) is 2.98. The highest BCUT2D eigenvalue weighted by atomic mass is 32.2. The molecule has 0 aliphatic heterocycles. The van der Waals surface area contributed by atoms with E-state index in [0.29, 0.717) is 29.6 Å². The molecule has 0 unspecified atom stereocenters. The molecule has 8 nitrogen and oxygen atoms in total. The van der Waals surface area contributed by atoms with E-state index in [1.165, 1.54) is 12.1 Å². The van der Waals surface area contributed by atoms with Gasteiger partial charge in [0.1, 0.15) is 23.8 Å². The number of rotatable bonds is 9. The van der Waals surface area contributed by atoms with Crippen molar-refractivity contribution in [1.29, 1.82) is 0 Å². The van der Waals surface area contributed by atoms with Crippen molar-refractivity contribution in [2.75, 3.05) is 4.72 Å². The van der Waals surface area contributed by atoms with Crippen molar-refractivity contribution < 1.29 is 17.6 Å². The summed E-state index contributed by atoms with van der Waals surface area (Å²) in [6.45, 7) is 6.15. The van der Waals surface area contributed by atoms with Crippen molar-refractivity contribution in [1.82, 2.24) is 14.8 Å². The van der Waals surface area contributed by atoms with Gasteiger partial charge in [0, 0.05) is 17.8 Å². The van der Waals surface area contributed by atoms with Gasteiger partial charge in [-0.25, -0.2) is 13.4 Å². The number of ether oxygens (including phenoxy) is 1. The molecule has 4 aromatic rings. The average Bonchev–Trinajstić information content (AvgIpc) is 3.39. The second-order valence-corrected chi connectivity index (χ2v) is 8.65. The number of nitrogens with one attached hydrogen (secondary N) is 1. The molecule has 0 aliphatic rings. The van der Waals surface area contributed by atoms with Crippen molar-refractivity contribution in [2.24, 2.45) is 0 Å². The fraction of sp³-hybridized carbons (Fsp3) is 0.130. The molecule has 0 radical (unpaired) electrons. The van der Waals surface area contributed by atoms with Gasteiger partial charge in [0.25, 0.3) is 10.0 Å². The third kappa shape index (κ3) is 4.89. The van der Waals surface area contributed by atoms with Gasteiger partial charge < -0.3 is 9.15 Å². The number of anilines is 1. The third-order valence-electron chi connectivity index (χ3n) is 4.62. The van der Waals surface area contributed by atoms with Crippen LogP contribution < -0.4 is 9.46 Å². The summed E-state index contributed by atoms with van der Waals surface area (Å²) in [5.74, 6) is 1.96. The van der Waals surface area contributed by atoms with Crippen molar-refractivity contribution in [2.45, 2.75) is 25.0 Å². The Hall–Kier alpha value is -3.85. The molecule has 2 aromatic heterocycles. The molecule has 0 saturated carbocycles. The maximum absolute atomic E-state index is 12.6. The molecule has 1 N–H and O–H groups in total. The monoisotopic (exact) mass is 450 g/mol. The molecule has 4 rings (SSSR count). The van der Waals surface area contributed by atoms with Gasteiger partial charge in [0.15, 0.2) is 5.82 Å². The van der Waals surface area contributed by atoms with E-state index in [1.807, 2.05) is 37.3 Å². The van der Waals surface area contributed by atoms with E-state index in [9.17, 15) is 8.42 Å². The summed E-state index contributed by atoms with van der Waals surface area (Å²) in [7, 11) is -3.77. The van der Waals surface area contributed by atoms with Crippen LogP contribution in [0.2, 0.25) is 0 Å². The van der Waals surface area contributed by atoms with Crippen LogP contribution in [0.4, 0.5) is 5.82 Å². The highest BCUT2D eigenvalue weighted by molar-refractivity contribution is 7.92. The minimum Gasteiger partial charge on any atom is -0.487 e. The Labute approximate surface area is 186 Å². The molecular weight excluding hydrogens is 428 g/mol. The van der Waals surface area contributed by atoms with Gasteiger partial charge >= 0.3 is 0 Å². The summed E-state index contributed by atoms with van der Waals surface area (Å²) in [6, 6.07) is 17.3. The van der Waals surface area contributed by atoms with Gasteiger partial charge in [-0.3, -0.25) is 9.40 Å². The van der Waals surface area contributed by atoms with Crippen LogP contribution in [0.25, 0.3) is 11.5 Å².